The maximum absolute atomic E-state index is 15.0. The van der Waals surface area contributed by atoms with Crippen LogP contribution in [0.3, 0.4) is 0 Å². The fraction of sp³-hybridized carbons (Fsp3) is 0.421. The first-order valence-corrected chi connectivity index (χ1v) is 20.3. The number of hydrogen-bond acceptors (Lipinski definition) is 5. The number of ether oxygens (including phenoxy) is 1. The second kappa shape index (κ2) is 14.9. The van der Waals surface area contributed by atoms with Gasteiger partial charge in [0.15, 0.2) is 5.78 Å². The zero-order chi connectivity index (χ0) is 33.6. The molecule has 0 spiro atoms. The van der Waals surface area contributed by atoms with E-state index in [0.717, 1.165) is 17.9 Å². The third-order valence-electron chi connectivity index (χ3n) is 9.48. The number of likely N-dealkylation sites (tertiary alicyclic amines) is 1. The van der Waals surface area contributed by atoms with Crippen molar-refractivity contribution < 1.29 is 23.9 Å². The molecule has 2 aliphatic rings. The van der Waals surface area contributed by atoms with Gasteiger partial charge in [0.25, 0.3) is 5.91 Å². The van der Waals surface area contributed by atoms with Crippen molar-refractivity contribution in [3.05, 3.63) is 107 Å². The standard InChI is InChI=1S/C38H46ClNO5Si/c1-26(24-41)33(45-3)20-14-13-19-31-22-30(25-46(4,5)6)27(2)35-32(21-28-15-9-7-10-16-28)40(36(43)29-17-11-8-12-18-29)37(44)38(31,35)34(42)23-39/h7-13,15-19,22,24,27,31-32,35H,14,20-21,23,25H2,1-6H3/b19-13+,33-26+/t27-,31+,32-,35-,38+/m0/s1. The Morgan fingerprint density at radius 3 is 2.24 bits per heavy atom. The Hall–Kier alpha value is -3.55. The number of nitrogens with zero attached hydrogens (tertiary/aromatic N) is 1. The molecule has 0 N–H and O–H groups in total. The number of methoxy groups -OCH3 is 1. The molecule has 1 aliphatic carbocycles. The average molecular weight is 660 g/mol. The van der Waals surface area contributed by atoms with Gasteiger partial charge >= 0.3 is 0 Å². The van der Waals surface area contributed by atoms with Gasteiger partial charge in [0.05, 0.1) is 13.0 Å². The highest BCUT2D eigenvalue weighted by atomic mass is 35.5. The van der Waals surface area contributed by atoms with Crippen LogP contribution in [-0.2, 0) is 25.5 Å². The van der Waals surface area contributed by atoms with Crippen molar-refractivity contribution >= 4 is 43.6 Å². The number of carbonyl (C=O) groups excluding carboxylic acids is 4. The molecule has 1 aliphatic heterocycles. The van der Waals surface area contributed by atoms with Gasteiger partial charge in [-0.3, -0.25) is 24.1 Å². The Morgan fingerprint density at radius 2 is 1.67 bits per heavy atom. The van der Waals surface area contributed by atoms with Gasteiger partial charge in [0.2, 0.25) is 5.91 Å². The van der Waals surface area contributed by atoms with Crippen molar-refractivity contribution in [3.8, 4) is 0 Å². The number of Topliss-reactive ketones (excluding diaryl/α,β-unsaturated/α-hetero) is 1. The molecule has 2 aromatic carbocycles. The molecular formula is C38H46ClNO5Si. The van der Waals surface area contributed by atoms with Gasteiger partial charge in [-0.2, -0.15) is 0 Å². The normalized spacial score (nSPS) is 25.2. The smallest absolute Gasteiger partial charge is 0.260 e. The number of imide groups is 1. The predicted molar refractivity (Wildman–Crippen MR) is 186 cm³/mol. The lowest BCUT2D eigenvalue weighted by Gasteiger charge is -2.45. The topological polar surface area (TPSA) is 80.8 Å². The highest BCUT2D eigenvalue weighted by Crippen LogP contribution is 2.58. The Morgan fingerprint density at radius 1 is 1.04 bits per heavy atom. The minimum Gasteiger partial charge on any atom is -0.501 e. The fourth-order valence-corrected chi connectivity index (χ4v) is 9.34. The van der Waals surface area contributed by atoms with Crippen molar-refractivity contribution in [2.24, 2.45) is 23.2 Å². The number of halogens is 1. The maximum Gasteiger partial charge on any atom is 0.260 e. The molecule has 6 nitrogen and oxygen atoms in total. The van der Waals surface area contributed by atoms with Crippen LogP contribution in [-0.4, -0.2) is 55.9 Å². The second-order valence-electron chi connectivity index (χ2n) is 13.7. The van der Waals surface area contributed by atoms with Gasteiger partial charge in [-0.25, -0.2) is 0 Å². The summed E-state index contributed by atoms with van der Waals surface area (Å²) in [6, 6.07) is 19.0. The third-order valence-corrected chi connectivity index (χ3v) is 11.2. The van der Waals surface area contributed by atoms with Gasteiger partial charge in [0, 0.05) is 43.5 Å². The van der Waals surface area contributed by atoms with E-state index in [1.807, 2.05) is 48.6 Å². The van der Waals surface area contributed by atoms with Crippen molar-refractivity contribution in [3.63, 3.8) is 0 Å². The van der Waals surface area contributed by atoms with E-state index in [0.29, 0.717) is 36.2 Å². The number of fused-ring (bicyclic) bond motifs is 1. The fourth-order valence-electron chi connectivity index (χ4n) is 7.45. The van der Waals surface area contributed by atoms with E-state index in [-0.39, 0.29) is 17.6 Å². The first-order valence-electron chi connectivity index (χ1n) is 16.0. The summed E-state index contributed by atoms with van der Waals surface area (Å²) in [5, 5.41) is 0. The third kappa shape index (κ3) is 7.06. The summed E-state index contributed by atoms with van der Waals surface area (Å²) in [7, 11) is -0.0810. The summed E-state index contributed by atoms with van der Waals surface area (Å²) >= 11 is 6.39. The first-order chi connectivity index (χ1) is 21.9. The van der Waals surface area contributed by atoms with Gasteiger partial charge in [-0.15, -0.1) is 11.6 Å². The van der Waals surface area contributed by atoms with Crippen LogP contribution in [0.4, 0.5) is 0 Å². The Labute approximate surface area is 279 Å². The molecule has 1 heterocycles. The highest BCUT2D eigenvalue weighted by molar-refractivity contribution is 6.76. The Balaban J connectivity index is 1.92. The van der Waals surface area contributed by atoms with Crippen LogP contribution in [0.5, 0.6) is 0 Å². The van der Waals surface area contributed by atoms with Crippen molar-refractivity contribution in [1.82, 2.24) is 4.90 Å². The van der Waals surface area contributed by atoms with Crippen LogP contribution in [0.2, 0.25) is 25.7 Å². The summed E-state index contributed by atoms with van der Waals surface area (Å²) in [5.74, 6) is -2.17. The molecule has 4 rings (SSSR count). The molecule has 1 saturated heterocycles. The number of ketones is 1. The van der Waals surface area contributed by atoms with E-state index in [9.17, 15) is 14.4 Å². The number of aldehydes is 1. The molecule has 8 heteroatoms. The van der Waals surface area contributed by atoms with Crippen LogP contribution in [0.1, 0.15) is 42.6 Å². The number of carbonyl (C=O) groups is 4. The van der Waals surface area contributed by atoms with Gasteiger partial charge in [-0.05, 0) is 49.4 Å². The molecule has 0 radical (unpaired) electrons. The lowest BCUT2D eigenvalue weighted by molar-refractivity contribution is -0.146. The maximum atomic E-state index is 15.0. The monoisotopic (exact) mass is 659 g/mol. The van der Waals surface area contributed by atoms with E-state index in [2.05, 4.69) is 32.6 Å². The predicted octanol–water partition coefficient (Wildman–Crippen LogP) is 7.68. The van der Waals surface area contributed by atoms with Gasteiger partial charge in [0.1, 0.15) is 17.5 Å². The zero-order valence-electron chi connectivity index (χ0n) is 27.8. The van der Waals surface area contributed by atoms with Crippen LogP contribution >= 0.6 is 11.6 Å². The Kier molecular flexibility index (Phi) is 11.4. The van der Waals surface area contributed by atoms with Gasteiger partial charge in [-0.1, -0.05) is 98.9 Å². The van der Waals surface area contributed by atoms with E-state index < -0.39 is 43.2 Å². The number of rotatable bonds is 13. The number of alkyl halides is 1. The van der Waals surface area contributed by atoms with E-state index >= 15 is 4.79 Å². The Bertz CT molecular complexity index is 1530. The molecule has 2 aromatic rings. The highest BCUT2D eigenvalue weighted by Gasteiger charge is 2.69. The van der Waals surface area contributed by atoms with Crippen LogP contribution in [0.15, 0.2) is 95.8 Å². The molecule has 0 unspecified atom stereocenters. The van der Waals surface area contributed by atoms with Gasteiger partial charge < -0.3 is 4.74 Å². The number of allylic oxidation sites excluding steroid dienone is 6. The van der Waals surface area contributed by atoms with Crippen LogP contribution < -0.4 is 0 Å². The minimum atomic E-state index is -1.62. The molecule has 5 atom stereocenters. The lowest BCUT2D eigenvalue weighted by atomic mass is 9.55. The SMILES string of the molecule is CO/C(CC/C=C/[C@@H]1C=C(C[Si](C)(C)C)[C@H](C)[C@H]2[C@H](Cc3ccccc3)N(C(=O)c3ccccc3)C(=O)[C@]21C(=O)CCl)=C(\C)C=O. The summed E-state index contributed by atoms with van der Waals surface area (Å²) in [5.41, 5.74) is 1.61. The zero-order valence-corrected chi connectivity index (χ0v) is 29.6. The van der Waals surface area contributed by atoms with Crippen LogP contribution in [0, 0.1) is 23.2 Å². The molecule has 0 bridgehead atoms. The molecule has 0 saturated carbocycles. The van der Waals surface area contributed by atoms with Crippen molar-refractivity contribution in [2.45, 2.75) is 64.8 Å². The minimum absolute atomic E-state index is 0.131. The van der Waals surface area contributed by atoms with Crippen molar-refractivity contribution in [2.75, 3.05) is 13.0 Å². The number of amides is 2. The summed E-state index contributed by atoms with van der Waals surface area (Å²) in [6.07, 6.45) is 8.28. The summed E-state index contributed by atoms with van der Waals surface area (Å²) in [6.45, 7) is 10.8. The lowest BCUT2D eigenvalue weighted by Crippen LogP contribution is -2.53. The summed E-state index contributed by atoms with van der Waals surface area (Å²) < 4.78 is 5.43. The van der Waals surface area contributed by atoms with Crippen molar-refractivity contribution in [1.29, 1.82) is 0 Å². The quantitative estimate of drug-likeness (QED) is 0.0322. The molecular weight excluding hydrogens is 614 g/mol. The van der Waals surface area contributed by atoms with E-state index in [4.69, 9.17) is 16.3 Å². The van der Waals surface area contributed by atoms with Crippen LogP contribution in [0.25, 0.3) is 0 Å². The number of hydrogen-bond donors (Lipinski definition) is 0. The summed E-state index contributed by atoms with van der Waals surface area (Å²) in [4.78, 5) is 56.4. The van der Waals surface area contributed by atoms with E-state index in [1.165, 1.54) is 10.5 Å². The molecule has 46 heavy (non-hydrogen) atoms. The molecule has 1 fully saturated rings. The first kappa shape index (κ1) is 35.3. The number of benzene rings is 2. The van der Waals surface area contributed by atoms with E-state index in [1.54, 1.807) is 38.3 Å². The average Bonchev–Trinajstić information content (AvgIpc) is 3.30. The molecule has 244 valence electrons. The largest absolute Gasteiger partial charge is 0.501 e. The molecule has 2 amide bonds. The second-order valence-corrected chi connectivity index (χ2v) is 19.5. The molecule has 0 aromatic heterocycles.